The number of anilines is 1. The fourth-order valence-corrected chi connectivity index (χ4v) is 2.46. The maximum Gasteiger partial charge on any atom is 0.255 e. The van der Waals surface area contributed by atoms with Gasteiger partial charge in [-0.25, -0.2) is 4.39 Å². The summed E-state index contributed by atoms with van der Waals surface area (Å²) >= 11 is 6.41. The Morgan fingerprint density at radius 2 is 1.95 bits per heavy atom. The van der Waals surface area contributed by atoms with E-state index in [2.05, 4.69) is 37.2 Å². The predicted molar refractivity (Wildman–Crippen MR) is 80.9 cm³/mol. The minimum atomic E-state index is -0.407. The van der Waals surface area contributed by atoms with E-state index in [4.69, 9.17) is 0 Å². The lowest BCUT2D eigenvalue weighted by Crippen LogP contribution is -2.13. The summed E-state index contributed by atoms with van der Waals surface area (Å²) in [7, 11) is 0. The predicted octanol–water partition coefficient (Wildman–Crippen LogP) is 4.91. The van der Waals surface area contributed by atoms with Gasteiger partial charge in [0, 0.05) is 15.7 Å². The van der Waals surface area contributed by atoms with Gasteiger partial charge in [0.05, 0.1) is 4.47 Å². The Morgan fingerprint density at radius 3 is 2.63 bits per heavy atom. The SMILES string of the molecule is Cc1cc(Br)c(F)cc1NC(=O)c1cccc(Br)c1. The molecule has 0 radical (unpaired) electrons. The summed E-state index contributed by atoms with van der Waals surface area (Å²) < 4.78 is 14.7. The molecule has 0 saturated carbocycles. The van der Waals surface area contributed by atoms with Crippen molar-refractivity contribution in [2.45, 2.75) is 6.92 Å². The number of carbonyl (C=O) groups excluding carboxylic acids is 1. The van der Waals surface area contributed by atoms with E-state index in [1.807, 2.05) is 6.07 Å². The van der Waals surface area contributed by atoms with Crippen molar-refractivity contribution in [3.05, 3.63) is 62.3 Å². The monoisotopic (exact) mass is 385 g/mol. The molecule has 98 valence electrons. The fourth-order valence-electron chi connectivity index (χ4n) is 1.61. The highest BCUT2D eigenvalue weighted by Gasteiger charge is 2.10. The van der Waals surface area contributed by atoms with Gasteiger partial charge in [-0.15, -0.1) is 0 Å². The summed E-state index contributed by atoms with van der Waals surface area (Å²) in [5.74, 6) is -0.679. The van der Waals surface area contributed by atoms with Gasteiger partial charge in [-0.05, 0) is 58.7 Å². The summed E-state index contributed by atoms with van der Waals surface area (Å²) in [5.41, 5.74) is 1.76. The molecule has 0 saturated heterocycles. The number of aryl methyl sites for hydroxylation is 1. The quantitative estimate of drug-likeness (QED) is 0.780. The standard InChI is InChI=1S/C14H10Br2FNO/c1-8-5-11(16)12(17)7-13(8)18-14(19)9-3-2-4-10(15)6-9/h2-7H,1H3,(H,18,19). The first-order chi connectivity index (χ1) is 8.97. The molecule has 0 aliphatic heterocycles. The summed E-state index contributed by atoms with van der Waals surface area (Å²) in [6.45, 7) is 1.81. The van der Waals surface area contributed by atoms with E-state index in [0.29, 0.717) is 15.7 Å². The van der Waals surface area contributed by atoms with Crippen molar-refractivity contribution in [3.8, 4) is 0 Å². The molecule has 19 heavy (non-hydrogen) atoms. The molecule has 0 aromatic heterocycles. The zero-order valence-electron chi connectivity index (χ0n) is 10.0. The maximum atomic E-state index is 13.5. The number of hydrogen-bond acceptors (Lipinski definition) is 1. The number of benzene rings is 2. The van der Waals surface area contributed by atoms with Crippen LogP contribution in [0.5, 0.6) is 0 Å². The Morgan fingerprint density at radius 1 is 1.21 bits per heavy atom. The number of rotatable bonds is 2. The van der Waals surface area contributed by atoms with E-state index in [-0.39, 0.29) is 5.91 Å². The molecule has 0 fully saturated rings. The van der Waals surface area contributed by atoms with Crippen molar-refractivity contribution < 1.29 is 9.18 Å². The average Bonchev–Trinajstić information content (AvgIpc) is 2.36. The largest absolute Gasteiger partial charge is 0.322 e. The minimum Gasteiger partial charge on any atom is -0.322 e. The highest BCUT2D eigenvalue weighted by Crippen LogP contribution is 2.24. The maximum absolute atomic E-state index is 13.5. The number of amides is 1. The van der Waals surface area contributed by atoms with E-state index in [9.17, 15) is 9.18 Å². The van der Waals surface area contributed by atoms with Crippen molar-refractivity contribution >= 4 is 43.5 Å². The third-order valence-corrected chi connectivity index (χ3v) is 3.70. The van der Waals surface area contributed by atoms with Gasteiger partial charge >= 0.3 is 0 Å². The second kappa shape index (κ2) is 5.84. The zero-order chi connectivity index (χ0) is 14.0. The van der Waals surface area contributed by atoms with Gasteiger partial charge in [-0.3, -0.25) is 4.79 Å². The van der Waals surface area contributed by atoms with Crippen LogP contribution in [0, 0.1) is 12.7 Å². The van der Waals surface area contributed by atoms with Crippen molar-refractivity contribution in [2.24, 2.45) is 0 Å². The van der Waals surface area contributed by atoms with Crippen LogP contribution in [0.2, 0.25) is 0 Å². The van der Waals surface area contributed by atoms with Crippen LogP contribution < -0.4 is 5.32 Å². The lowest BCUT2D eigenvalue weighted by Gasteiger charge is -2.09. The van der Waals surface area contributed by atoms with Gasteiger partial charge in [0.2, 0.25) is 0 Å². The summed E-state index contributed by atoms with van der Waals surface area (Å²) in [4.78, 5) is 12.0. The van der Waals surface area contributed by atoms with Gasteiger partial charge < -0.3 is 5.32 Å². The molecule has 0 aliphatic carbocycles. The lowest BCUT2D eigenvalue weighted by molar-refractivity contribution is 0.102. The number of nitrogens with one attached hydrogen (secondary N) is 1. The smallest absolute Gasteiger partial charge is 0.255 e. The Kier molecular flexibility index (Phi) is 4.37. The number of halogens is 3. The Labute approximate surface area is 127 Å². The first-order valence-electron chi connectivity index (χ1n) is 5.50. The van der Waals surface area contributed by atoms with E-state index >= 15 is 0 Å². The van der Waals surface area contributed by atoms with Crippen LogP contribution >= 0.6 is 31.9 Å². The van der Waals surface area contributed by atoms with Crippen molar-refractivity contribution in [1.82, 2.24) is 0 Å². The second-order valence-electron chi connectivity index (χ2n) is 4.05. The van der Waals surface area contributed by atoms with Crippen molar-refractivity contribution in [3.63, 3.8) is 0 Å². The van der Waals surface area contributed by atoms with Gasteiger partial charge in [0.25, 0.3) is 5.91 Å². The third kappa shape index (κ3) is 3.42. The topological polar surface area (TPSA) is 29.1 Å². The Bertz CT molecular complexity index is 643. The second-order valence-corrected chi connectivity index (χ2v) is 5.82. The normalized spacial score (nSPS) is 10.3. The van der Waals surface area contributed by atoms with Crippen LogP contribution in [0.15, 0.2) is 45.3 Å². The molecule has 0 unspecified atom stereocenters. The molecule has 5 heteroatoms. The summed E-state index contributed by atoms with van der Waals surface area (Å²) in [6, 6.07) is 9.95. The minimum absolute atomic E-state index is 0.272. The van der Waals surface area contributed by atoms with Gasteiger partial charge in [-0.2, -0.15) is 0 Å². The van der Waals surface area contributed by atoms with Crippen molar-refractivity contribution in [2.75, 3.05) is 5.32 Å². The number of carbonyl (C=O) groups is 1. The van der Waals surface area contributed by atoms with Crippen LogP contribution in [0.25, 0.3) is 0 Å². The van der Waals surface area contributed by atoms with Gasteiger partial charge in [0.1, 0.15) is 5.82 Å². The van der Waals surface area contributed by atoms with Crippen molar-refractivity contribution in [1.29, 1.82) is 0 Å². The van der Waals surface area contributed by atoms with Crippen LogP contribution in [-0.2, 0) is 0 Å². The molecular weight excluding hydrogens is 377 g/mol. The molecule has 0 aliphatic rings. The van der Waals surface area contributed by atoms with Crippen LogP contribution in [-0.4, -0.2) is 5.91 Å². The van der Waals surface area contributed by atoms with E-state index in [1.54, 1.807) is 31.2 Å². The zero-order valence-corrected chi connectivity index (χ0v) is 13.2. The molecule has 2 rings (SSSR count). The van der Waals surface area contributed by atoms with Crippen LogP contribution in [0.4, 0.5) is 10.1 Å². The first-order valence-corrected chi connectivity index (χ1v) is 7.08. The molecule has 2 aromatic carbocycles. The highest BCUT2D eigenvalue weighted by molar-refractivity contribution is 9.10. The first kappa shape index (κ1) is 14.2. The van der Waals surface area contributed by atoms with Crippen LogP contribution in [0.1, 0.15) is 15.9 Å². The third-order valence-electron chi connectivity index (χ3n) is 2.60. The van der Waals surface area contributed by atoms with E-state index in [1.165, 1.54) is 6.07 Å². The molecule has 1 amide bonds. The summed E-state index contributed by atoms with van der Waals surface area (Å²) in [6.07, 6.45) is 0. The van der Waals surface area contributed by atoms with Gasteiger partial charge in [-0.1, -0.05) is 22.0 Å². The molecule has 0 bridgehead atoms. The molecule has 0 atom stereocenters. The lowest BCUT2D eigenvalue weighted by atomic mass is 10.1. The fraction of sp³-hybridized carbons (Fsp3) is 0.0714. The Balaban J connectivity index is 2.27. The highest BCUT2D eigenvalue weighted by atomic mass is 79.9. The summed E-state index contributed by atoms with van der Waals surface area (Å²) in [5, 5.41) is 2.70. The van der Waals surface area contributed by atoms with Crippen LogP contribution in [0.3, 0.4) is 0 Å². The average molecular weight is 387 g/mol. The molecule has 0 heterocycles. The molecular formula is C14H10Br2FNO. The molecule has 2 aromatic rings. The molecule has 2 nitrogen and oxygen atoms in total. The van der Waals surface area contributed by atoms with Gasteiger partial charge in [0.15, 0.2) is 0 Å². The van der Waals surface area contributed by atoms with E-state index in [0.717, 1.165) is 10.0 Å². The molecule has 1 N–H and O–H groups in total. The molecule has 0 spiro atoms. The number of hydrogen-bond donors (Lipinski definition) is 1. The Hall–Kier alpha value is -1.20. The van der Waals surface area contributed by atoms with E-state index < -0.39 is 5.82 Å².